The maximum Gasteiger partial charge on any atom is 0.190 e. The molecule has 2 aromatic carbocycles. The first-order valence-corrected chi connectivity index (χ1v) is 9.20. The first-order chi connectivity index (χ1) is 12.6. The molecule has 0 fully saturated rings. The fourth-order valence-electron chi connectivity index (χ4n) is 3.74. The maximum atomic E-state index is 13.2. The van der Waals surface area contributed by atoms with Crippen LogP contribution in [0.5, 0.6) is 0 Å². The molecule has 0 spiro atoms. The van der Waals surface area contributed by atoms with Crippen molar-refractivity contribution >= 4 is 11.6 Å². The van der Waals surface area contributed by atoms with E-state index >= 15 is 0 Å². The predicted molar refractivity (Wildman–Crippen MR) is 103 cm³/mol. The molecule has 1 unspecified atom stereocenters. The Hall–Kier alpha value is -2.52. The predicted octanol–water partition coefficient (Wildman–Crippen LogP) is 4.72. The lowest BCUT2D eigenvalue weighted by Gasteiger charge is -2.26. The zero-order chi connectivity index (χ0) is 18.5. The van der Waals surface area contributed by atoms with Gasteiger partial charge >= 0.3 is 0 Å². The number of carbonyl (C=O) groups excluding carboxylic acids is 2. The average molecular weight is 348 g/mol. The van der Waals surface area contributed by atoms with E-state index in [2.05, 4.69) is 0 Å². The van der Waals surface area contributed by atoms with Gasteiger partial charge in [-0.3, -0.25) is 9.59 Å². The number of aliphatic hydroxyl groups excluding tert-OH is 1. The van der Waals surface area contributed by atoms with Gasteiger partial charge in [-0.25, -0.2) is 0 Å². The molecule has 0 bridgehead atoms. The molecule has 1 N–H and O–H groups in total. The quantitative estimate of drug-likeness (QED) is 0.737. The number of ketones is 2. The Morgan fingerprint density at radius 1 is 0.808 bits per heavy atom. The molecule has 1 aliphatic carbocycles. The molecular weight excluding hydrogens is 324 g/mol. The second kappa shape index (κ2) is 8.24. The second-order valence-electron chi connectivity index (χ2n) is 6.78. The van der Waals surface area contributed by atoms with Crippen LogP contribution in [0.15, 0.2) is 65.7 Å². The van der Waals surface area contributed by atoms with Crippen molar-refractivity contribution in [2.75, 3.05) is 6.61 Å². The van der Waals surface area contributed by atoms with Gasteiger partial charge in [-0.05, 0) is 25.3 Å². The van der Waals surface area contributed by atoms with Crippen molar-refractivity contribution in [2.24, 2.45) is 0 Å². The van der Waals surface area contributed by atoms with Crippen LogP contribution in [-0.2, 0) is 0 Å². The zero-order valence-corrected chi connectivity index (χ0v) is 15.1. The topological polar surface area (TPSA) is 54.4 Å². The van der Waals surface area contributed by atoms with Crippen LogP contribution in [0.25, 0.3) is 0 Å². The summed E-state index contributed by atoms with van der Waals surface area (Å²) in [6.45, 7) is 1.96. The zero-order valence-electron chi connectivity index (χ0n) is 15.1. The molecule has 2 aromatic rings. The van der Waals surface area contributed by atoms with Gasteiger partial charge in [-0.2, -0.15) is 0 Å². The Morgan fingerprint density at radius 3 is 2.08 bits per heavy atom. The van der Waals surface area contributed by atoms with E-state index in [1.54, 1.807) is 31.2 Å². The van der Waals surface area contributed by atoms with Gasteiger partial charge < -0.3 is 5.11 Å². The highest BCUT2D eigenvalue weighted by molar-refractivity contribution is 6.27. The molecule has 1 atom stereocenters. The summed E-state index contributed by atoms with van der Waals surface area (Å²) in [4.78, 5) is 26.1. The molecule has 3 heteroatoms. The van der Waals surface area contributed by atoms with Gasteiger partial charge in [0.1, 0.15) is 0 Å². The summed E-state index contributed by atoms with van der Waals surface area (Å²) < 4.78 is 0. The largest absolute Gasteiger partial charge is 0.396 e. The first kappa shape index (κ1) is 18.3. The van der Waals surface area contributed by atoms with Gasteiger partial charge in [0.15, 0.2) is 11.6 Å². The summed E-state index contributed by atoms with van der Waals surface area (Å²) in [7, 11) is 0. The molecule has 0 aromatic heterocycles. The van der Waals surface area contributed by atoms with E-state index in [1.165, 1.54) is 0 Å². The van der Waals surface area contributed by atoms with E-state index in [-0.39, 0.29) is 24.1 Å². The number of unbranched alkanes of at least 4 members (excludes halogenated alkanes) is 2. The molecule has 0 saturated carbocycles. The molecule has 0 aliphatic heterocycles. The van der Waals surface area contributed by atoms with Crippen LogP contribution >= 0.6 is 0 Å². The van der Waals surface area contributed by atoms with E-state index in [1.807, 2.05) is 30.3 Å². The van der Waals surface area contributed by atoms with Crippen LogP contribution in [-0.4, -0.2) is 23.3 Å². The fourth-order valence-corrected chi connectivity index (χ4v) is 3.74. The summed E-state index contributed by atoms with van der Waals surface area (Å²) in [5.41, 5.74) is 3.26. The molecular formula is C23H24O3. The van der Waals surface area contributed by atoms with Crippen molar-refractivity contribution < 1.29 is 14.7 Å². The molecule has 134 valence electrons. The van der Waals surface area contributed by atoms with E-state index in [0.717, 1.165) is 31.2 Å². The number of rotatable bonds is 7. The van der Waals surface area contributed by atoms with Crippen molar-refractivity contribution in [2.45, 2.75) is 38.5 Å². The number of benzene rings is 2. The SMILES string of the molecule is CC1=C(C(CCCCCO)c2ccccc2)C(=O)c2ccccc2C1=O. The van der Waals surface area contributed by atoms with Gasteiger partial charge in [0.05, 0.1) is 0 Å². The van der Waals surface area contributed by atoms with Gasteiger partial charge in [-0.15, -0.1) is 0 Å². The van der Waals surface area contributed by atoms with Gasteiger partial charge in [0.2, 0.25) is 0 Å². The Morgan fingerprint density at radius 2 is 1.42 bits per heavy atom. The van der Waals surface area contributed by atoms with Crippen LogP contribution in [0.2, 0.25) is 0 Å². The van der Waals surface area contributed by atoms with Gasteiger partial charge in [0.25, 0.3) is 0 Å². The summed E-state index contributed by atoms with van der Waals surface area (Å²) in [6, 6.07) is 17.0. The number of carbonyl (C=O) groups is 2. The van der Waals surface area contributed by atoms with Crippen LogP contribution in [0.1, 0.15) is 64.8 Å². The molecule has 3 nitrogen and oxygen atoms in total. The van der Waals surface area contributed by atoms with Crippen LogP contribution in [0.3, 0.4) is 0 Å². The minimum absolute atomic E-state index is 0.0336. The second-order valence-corrected chi connectivity index (χ2v) is 6.78. The highest BCUT2D eigenvalue weighted by atomic mass is 16.2. The van der Waals surface area contributed by atoms with Crippen LogP contribution in [0.4, 0.5) is 0 Å². The van der Waals surface area contributed by atoms with Crippen LogP contribution < -0.4 is 0 Å². The van der Waals surface area contributed by atoms with Crippen molar-refractivity contribution in [3.8, 4) is 0 Å². The van der Waals surface area contributed by atoms with Crippen molar-refractivity contribution in [3.63, 3.8) is 0 Å². The molecule has 0 radical (unpaired) electrons. The molecule has 3 rings (SSSR count). The molecule has 0 saturated heterocycles. The summed E-state index contributed by atoms with van der Waals surface area (Å²) in [6.07, 6.45) is 3.36. The summed E-state index contributed by atoms with van der Waals surface area (Å²) in [5, 5.41) is 9.02. The first-order valence-electron chi connectivity index (χ1n) is 9.20. The Bertz CT molecular complexity index is 834. The third kappa shape index (κ3) is 3.54. The maximum absolute atomic E-state index is 13.2. The summed E-state index contributed by atoms with van der Waals surface area (Å²) in [5.74, 6) is -0.181. The van der Waals surface area contributed by atoms with E-state index in [0.29, 0.717) is 22.3 Å². The van der Waals surface area contributed by atoms with Crippen LogP contribution in [0, 0.1) is 0 Å². The Kier molecular flexibility index (Phi) is 5.79. The standard InChI is InChI=1S/C23H24O3/c1-16-21(23(26)20-14-8-7-13-19(20)22(16)25)18(12-6-3-9-15-24)17-10-4-2-5-11-17/h2,4-5,7-8,10-11,13-14,18,24H,3,6,9,12,15H2,1H3. The van der Waals surface area contributed by atoms with Gasteiger partial charge in [0, 0.05) is 34.8 Å². The number of allylic oxidation sites excluding steroid dienone is 2. The number of hydrogen-bond donors (Lipinski definition) is 1. The molecule has 0 heterocycles. The number of Topliss-reactive ketones (excluding diaryl/α,β-unsaturated/α-hetero) is 2. The third-order valence-electron chi connectivity index (χ3n) is 5.11. The fraction of sp³-hybridized carbons (Fsp3) is 0.304. The molecule has 26 heavy (non-hydrogen) atoms. The number of aliphatic hydroxyl groups is 1. The normalized spacial score (nSPS) is 15.2. The highest BCUT2D eigenvalue weighted by Crippen LogP contribution is 2.38. The van der Waals surface area contributed by atoms with E-state index < -0.39 is 0 Å². The lowest BCUT2D eigenvalue weighted by molar-refractivity contribution is 0.0969. The monoisotopic (exact) mass is 348 g/mol. The summed E-state index contributed by atoms with van der Waals surface area (Å²) >= 11 is 0. The Balaban J connectivity index is 2.01. The van der Waals surface area contributed by atoms with E-state index in [9.17, 15) is 9.59 Å². The smallest absolute Gasteiger partial charge is 0.190 e. The lowest BCUT2D eigenvalue weighted by Crippen LogP contribution is -2.24. The number of fused-ring (bicyclic) bond motifs is 1. The highest BCUT2D eigenvalue weighted by Gasteiger charge is 2.34. The van der Waals surface area contributed by atoms with Crippen molar-refractivity contribution in [3.05, 3.63) is 82.4 Å². The average Bonchev–Trinajstić information content (AvgIpc) is 2.69. The molecule has 0 amide bonds. The Labute approximate surface area is 154 Å². The van der Waals surface area contributed by atoms with Gasteiger partial charge in [-0.1, -0.05) is 67.4 Å². The minimum Gasteiger partial charge on any atom is -0.396 e. The third-order valence-corrected chi connectivity index (χ3v) is 5.11. The van der Waals surface area contributed by atoms with Crippen molar-refractivity contribution in [1.82, 2.24) is 0 Å². The number of hydrogen-bond acceptors (Lipinski definition) is 3. The van der Waals surface area contributed by atoms with E-state index in [4.69, 9.17) is 5.11 Å². The lowest BCUT2D eigenvalue weighted by atomic mass is 9.75. The molecule has 1 aliphatic rings. The minimum atomic E-state index is -0.0975. The van der Waals surface area contributed by atoms with Crippen molar-refractivity contribution in [1.29, 1.82) is 0 Å².